The van der Waals surface area contributed by atoms with Gasteiger partial charge in [-0.05, 0) is 61.0 Å². The lowest BCUT2D eigenvalue weighted by molar-refractivity contribution is 0.627. The van der Waals surface area contributed by atoms with Crippen LogP contribution in [0.25, 0.3) is 16.9 Å². The first kappa shape index (κ1) is 12.5. The predicted octanol–water partition coefficient (Wildman–Crippen LogP) is 4.13. The van der Waals surface area contributed by atoms with Crippen LogP contribution in [0.3, 0.4) is 0 Å². The lowest BCUT2D eigenvalue weighted by atomic mass is 10.1. The van der Waals surface area contributed by atoms with E-state index in [2.05, 4.69) is 5.10 Å². The summed E-state index contributed by atoms with van der Waals surface area (Å²) in [6.07, 6.45) is 1.87. The van der Waals surface area contributed by atoms with Gasteiger partial charge in [0, 0.05) is 11.8 Å². The van der Waals surface area contributed by atoms with E-state index in [0.717, 1.165) is 22.5 Å². The van der Waals surface area contributed by atoms with Crippen LogP contribution in [-0.2, 0) is 0 Å². The Labute approximate surface area is 115 Å². The quantitative estimate of drug-likeness (QED) is 0.684. The van der Waals surface area contributed by atoms with Crippen LogP contribution in [0.1, 0.15) is 5.56 Å². The smallest absolute Gasteiger partial charge is 0.123 e. The molecule has 0 spiro atoms. The van der Waals surface area contributed by atoms with E-state index in [0.29, 0.717) is 0 Å². The van der Waals surface area contributed by atoms with Gasteiger partial charge in [0.25, 0.3) is 0 Å². The summed E-state index contributed by atoms with van der Waals surface area (Å²) in [5.41, 5.74) is 3.39. The van der Waals surface area contributed by atoms with Crippen LogP contribution in [-0.4, -0.2) is 9.78 Å². The highest BCUT2D eigenvalue weighted by Gasteiger charge is 2.09. The second-order valence-electron chi connectivity index (χ2n) is 4.59. The Morgan fingerprint density at radius 3 is 2.00 bits per heavy atom. The van der Waals surface area contributed by atoms with Crippen molar-refractivity contribution < 1.29 is 8.78 Å². The van der Waals surface area contributed by atoms with Crippen molar-refractivity contribution in [2.24, 2.45) is 0 Å². The van der Waals surface area contributed by atoms with Gasteiger partial charge in [-0.2, -0.15) is 5.10 Å². The summed E-state index contributed by atoms with van der Waals surface area (Å²) < 4.78 is 27.6. The maximum Gasteiger partial charge on any atom is 0.123 e. The van der Waals surface area contributed by atoms with E-state index in [1.54, 1.807) is 28.9 Å². The number of benzene rings is 2. The van der Waals surface area contributed by atoms with Crippen LogP contribution < -0.4 is 0 Å². The van der Waals surface area contributed by atoms with Gasteiger partial charge in [0.05, 0.1) is 11.4 Å². The number of aryl methyl sites for hydroxylation is 1. The van der Waals surface area contributed by atoms with Gasteiger partial charge in [-0.25, -0.2) is 13.5 Å². The van der Waals surface area contributed by atoms with Crippen LogP contribution >= 0.6 is 0 Å². The highest BCUT2D eigenvalue weighted by atomic mass is 19.1. The van der Waals surface area contributed by atoms with Crippen molar-refractivity contribution in [1.29, 1.82) is 0 Å². The maximum atomic E-state index is 12.9. The zero-order valence-corrected chi connectivity index (χ0v) is 10.8. The fourth-order valence-electron chi connectivity index (χ4n) is 2.08. The Balaban J connectivity index is 2.02. The fourth-order valence-corrected chi connectivity index (χ4v) is 2.08. The summed E-state index contributed by atoms with van der Waals surface area (Å²) in [5, 5.41) is 4.48. The second-order valence-corrected chi connectivity index (χ2v) is 4.59. The Bertz CT molecular complexity index is 728. The van der Waals surface area contributed by atoms with Crippen molar-refractivity contribution in [1.82, 2.24) is 9.78 Å². The molecule has 2 aromatic carbocycles. The van der Waals surface area contributed by atoms with Crippen LogP contribution in [0.5, 0.6) is 0 Å². The molecule has 0 saturated heterocycles. The third-order valence-corrected chi connectivity index (χ3v) is 3.11. The van der Waals surface area contributed by atoms with Gasteiger partial charge in [-0.1, -0.05) is 0 Å². The number of hydrogen-bond acceptors (Lipinski definition) is 1. The summed E-state index contributed by atoms with van der Waals surface area (Å²) >= 11 is 0. The maximum absolute atomic E-state index is 12.9. The van der Waals surface area contributed by atoms with Gasteiger partial charge >= 0.3 is 0 Å². The highest BCUT2D eigenvalue weighted by molar-refractivity contribution is 5.62. The molecule has 0 bridgehead atoms. The van der Waals surface area contributed by atoms with E-state index >= 15 is 0 Å². The highest BCUT2D eigenvalue weighted by Crippen LogP contribution is 2.23. The van der Waals surface area contributed by atoms with Crippen molar-refractivity contribution in [2.75, 3.05) is 0 Å². The van der Waals surface area contributed by atoms with E-state index in [1.165, 1.54) is 24.3 Å². The summed E-state index contributed by atoms with van der Waals surface area (Å²) in [4.78, 5) is 0. The molecule has 3 aromatic rings. The van der Waals surface area contributed by atoms with Gasteiger partial charge in [-0.3, -0.25) is 0 Å². The Morgan fingerprint density at radius 2 is 1.40 bits per heavy atom. The molecule has 0 amide bonds. The summed E-state index contributed by atoms with van der Waals surface area (Å²) in [6.45, 7) is 1.94. The van der Waals surface area contributed by atoms with Gasteiger partial charge < -0.3 is 0 Å². The molecule has 0 radical (unpaired) electrons. The zero-order valence-electron chi connectivity index (χ0n) is 10.8. The lowest BCUT2D eigenvalue weighted by Gasteiger charge is -2.01. The number of nitrogens with zero attached hydrogens (tertiary/aromatic N) is 2. The minimum absolute atomic E-state index is 0.274. The zero-order chi connectivity index (χ0) is 14.1. The molecule has 100 valence electrons. The van der Waals surface area contributed by atoms with E-state index in [1.807, 2.05) is 13.1 Å². The van der Waals surface area contributed by atoms with Crippen molar-refractivity contribution in [3.05, 3.63) is 71.9 Å². The summed E-state index contributed by atoms with van der Waals surface area (Å²) in [5.74, 6) is -0.555. The molecule has 2 nitrogen and oxygen atoms in total. The summed E-state index contributed by atoms with van der Waals surface area (Å²) in [7, 11) is 0. The third-order valence-electron chi connectivity index (χ3n) is 3.11. The van der Waals surface area contributed by atoms with E-state index < -0.39 is 0 Å². The molecule has 0 atom stereocenters. The molecular weight excluding hydrogens is 258 g/mol. The molecule has 1 heterocycles. The molecule has 0 aliphatic heterocycles. The second kappa shape index (κ2) is 4.89. The SMILES string of the molecule is Cc1cn(-c2ccc(F)cc2)nc1-c1ccc(F)cc1. The molecule has 0 saturated carbocycles. The van der Waals surface area contributed by atoms with Crippen molar-refractivity contribution in [3.63, 3.8) is 0 Å². The number of hydrogen-bond donors (Lipinski definition) is 0. The van der Waals surface area contributed by atoms with Gasteiger partial charge in [0.1, 0.15) is 11.6 Å². The first-order valence-corrected chi connectivity index (χ1v) is 6.21. The Morgan fingerprint density at radius 1 is 0.850 bits per heavy atom. The molecule has 1 aromatic heterocycles. The first-order chi connectivity index (χ1) is 9.63. The van der Waals surface area contributed by atoms with Gasteiger partial charge in [0.2, 0.25) is 0 Å². The predicted molar refractivity (Wildman–Crippen MR) is 73.7 cm³/mol. The summed E-state index contributed by atoms with van der Waals surface area (Å²) in [6, 6.07) is 12.3. The molecule has 0 unspecified atom stereocenters. The Kier molecular flexibility index (Phi) is 3.06. The number of aromatic nitrogens is 2. The van der Waals surface area contributed by atoms with E-state index in [-0.39, 0.29) is 11.6 Å². The largest absolute Gasteiger partial charge is 0.240 e. The molecule has 3 rings (SSSR count). The fraction of sp³-hybridized carbons (Fsp3) is 0.0625. The normalized spacial score (nSPS) is 10.8. The van der Waals surface area contributed by atoms with E-state index in [4.69, 9.17) is 0 Å². The average Bonchev–Trinajstić information content (AvgIpc) is 2.82. The monoisotopic (exact) mass is 270 g/mol. The minimum Gasteiger partial charge on any atom is -0.240 e. The molecule has 0 fully saturated rings. The van der Waals surface area contributed by atoms with Crippen LogP contribution in [0, 0.1) is 18.6 Å². The molecule has 4 heteroatoms. The minimum atomic E-state index is -0.281. The van der Waals surface area contributed by atoms with E-state index in [9.17, 15) is 8.78 Å². The first-order valence-electron chi connectivity index (χ1n) is 6.21. The van der Waals surface area contributed by atoms with Crippen LogP contribution in [0.4, 0.5) is 8.78 Å². The van der Waals surface area contributed by atoms with Crippen LogP contribution in [0.2, 0.25) is 0 Å². The average molecular weight is 270 g/mol. The van der Waals surface area contributed by atoms with Crippen LogP contribution in [0.15, 0.2) is 54.7 Å². The van der Waals surface area contributed by atoms with Gasteiger partial charge in [0.15, 0.2) is 0 Å². The number of rotatable bonds is 2. The van der Waals surface area contributed by atoms with Crippen molar-refractivity contribution in [3.8, 4) is 16.9 Å². The third kappa shape index (κ3) is 2.32. The molecule has 0 N–H and O–H groups in total. The molecule has 0 aliphatic rings. The van der Waals surface area contributed by atoms with Crippen molar-refractivity contribution >= 4 is 0 Å². The molecule has 0 aliphatic carbocycles. The lowest BCUT2D eigenvalue weighted by Crippen LogP contribution is -1.94. The molecule has 20 heavy (non-hydrogen) atoms. The topological polar surface area (TPSA) is 17.8 Å². The molecular formula is C16H12F2N2. The number of halogens is 2. The van der Waals surface area contributed by atoms with Crippen molar-refractivity contribution in [2.45, 2.75) is 6.92 Å². The standard InChI is InChI=1S/C16H12F2N2/c1-11-10-20(15-8-6-14(18)7-9-15)19-16(11)12-2-4-13(17)5-3-12/h2-10H,1H3. The van der Waals surface area contributed by atoms with Gasteiger partial charge in [-0.15, -0.1) is 0 Å². The Hall–Kier alpha value is -2.49.